The number of carbonyl (C=O) groups excluding carboxylic acids is 2. The highest BCUT2D eigenvalue weighted by molar-refractivity contribution is 8.13. The number of alkyl halides is 2. The highest BCUT2D eigenvalue weighted by Crippen LogP contribution is 2.48. The summed E-state index contributed by atoms with van der Waals surface area (Å²) in [5, 5.41) is 9.70. The molecule has 13 nitrogen and oxygen atoms in total. The molecule has 3 N–H and O–H groups in total. The van der Waals surface area contributed by atoms with Crippen molar-refractivity contribution in [3.05, 3.63) is 33.1 Å². The Bertz CT molecular complexity index is 1190. The van der Waals surface area contributed by atoms with Crippen molar-refractivity contribution in [3.8, 4) is 0 Å². The van der Waals surface area contributed by atoms with Gasteiger partial charge in [-0.3, -0.25) is 33.0 Å². The van der Waals surface area contributed by atoms with E-state index in [1.807, 2.05) is 4.98 Å². The molecule has 0 aromatic carbocycles. The maximum absolute atomic E-state index is 15.2. The fraction of sp³-hybridized carbons (Fsp3) is 0.727. The van der Waals surface area contributed by atoms with Gasteiger partial charge in [0.2, 0.25) is 0 Å². The van der Waals surface area contributed by atoms with Crippen molar-refractivity contribution in [3.63, 3.8) is 0 Å². The highest BCUT2D eigenvalue weighted by Gasteiger charge is 2.58. The molecule has 0 amide bonds. The van der Waals surface area contributed by atoms with Gasteiger partial charge in [-0.2, -0.15) is 0 Å². The zero-order valence-electron chi connectivity index (χ0n) is 22.3. The second-order valence-corrected chi connectivity index (χ2v) is 13.4. The summed E-state index contributed by atoms with van der Waals surface area (Å²) in [7, 11) is -4.35. The minimum absolute atomic E-state index is 0.102. The number of nitrogens with zero attached hydrogens (tertiary/aromatic N) is 1. The van der Waals surface area contributed by atoms with Crippen molar-refractivity contribution in [1.82, 2.24) is 14.6 Å². The van der Waals surface area contributed by atoms with Crippen LogP contribution in [0.5, 0.6) is 0 Å². The van der Waals surface area contributed by atoms with E-state index in [0.717, 1.165) is 24.0 Å². The molecule has 222 valence electrons. The van der Waals surface area contributed by atoms with Gasteiger partial charge >= 0.3 is 19.4 Å². The maximum atomic E-state index is 15.2. The summed E-state index contributed by atoms with van der Waals surface area (Å²) >= 11 is 6.81. The molecule has 0 radical (unpaired) electrons. The third-order valence-electron chi connectivity index (χ3n) is 5.14. The molecule has 1 fully saturated rings. The number of carbonyl (C=O) groups is 2. The number of aliphatic hydroxyl groups excluding tert-OH is 1. The molecule has 6 atom stereocenters. The first kappa shape index (κ1) is 33.6. The van der Waals surface area contributed by atoms with Crippen LogP contribution in [-0.2, 0) is 32.7 Å². The third kappa shape index (κ3) is 9.22. The van der Waals surface area contributed by atoms with Crippen LogP contribution in [0, 0.1) is 5.41 Å². The number of H-pyrrole nitrogens is 1. The average Bonchev–Trinajstić information content (AvgIpc) is 3.03. The number of halogens is 2. The summed E-state index contributed by atoms with van der Waals surface area (Å²) in [6, 6.07) is -0.239. The molecule has 1 aliphatic heterocycles. The summed E-state index contributed by atoms with van der Waals surface area (Å²) in [5.74, 6) is -0.654. The van der Waals surface area contributed by atoms with E-state index in [-0.39, 0.29) is 17.5 Å². The van der Waals surface area contributed by atoms with Crippen molar-refractivity contribution >= 4 is 42.2 Å². The molecular formula is C22H34ClFN3O10PS. The Morgan fingerprint density at radius 1 is 1.33 bits per heavy atom. The van der Waals surface area contributed by atoms with Crippen LogP contribution < -0.4 is 16.3 Å². The van der Waals surface area contributed by atoms with Crippen LogP contribution in [0.4, 0.5) is 4.39 Å². The van der Waals surface area contributed by atoms with E-state index in [1.165, 1.54) is 6.92 Å². The predicted molar refractivity (Wildman–Crippen MR) is 141 cm³/mol. The number of nitrogens with one attached hydrogen (secondary N) is 2. The van der Waals surface area contributed by atoms with Crippen molar-refractivity contribution < 1.29 is 42.2 Å². The Morgan fingerprint density at radius 3 is 2.54 bits per heavy atom. The van der Waals surface area contributed by atoms with Gasteiger partial charge in [-0.15, -0.1) is 0 Å². The van der Waals surface area contributed by atoms with Gasteiger partial charge in [0, 0.05) is 23.4 Å². The van der Waals surface area contributed by atoms with E-state index < -0.39 is 72.7 Å². The Kier molecular flexibility index (Phi) is 11.5. The number of esters is 1. The molecule has 0 bridgehead atoms. The molecule has 1 aliphatic rings. The SMILES string of the molecule is CC(C)OC(=O)[C@@H](C)N[P@@](=O)(OCCSC(=O)C(C)(C)C)OC[C@H]1O[C@@H](n2ccc(=O)[nH]c2=O)[C@](F)(Cl)[C@@H]1O. The Hall–Kier alpha value is -1.58. The largest absolute Gasteiger partial charge is 0.462 e. The predicted octanol–water partition coefficient (Wildman–Crippen LogP) is 2.08. The summed E-state index contributed by atoms with van der Waals surface area (Å²) in [5.41, 5.74) is -2.40. The van der Waals surface area contributed by atoms with Gasteiger partial charge in [-0.1, -0.05) is 44.1 Å². The van der Waals surface area contributed by atoms with E-state index >= 15 is 4.39 Å². The van der Waals surface area contributed by atoms with Crippen LogP contribution in [0.1, 0.15) is 47.8 Å². The standard InChI is InChI=1S/C22H34ClFN3O10PS/c1-12(2)36-17(30)13(3)26-38(33,34-9-10-39-19(31)21(4,5)6)35-11-14-16(29)22(23,24)18(37-14)27-8-7-15(28)25-20(27)32/h7-8,12-14,16,18,29H,9-11H2,1-6H3,(H,26,33)(H,25,28,32)/t13-,14-,16-,18-,22+,38-/m1/s1. The summed E-state index contributed by atoms with van der Waals surface area (Å²) in [4.78, 5) is 49.8. The van der Waals surface area contributed by atoms with Crippen LogP contribution in [-0.4, -0.2) is 74.2 Å². The molecule has 2 heterocycles. The lowest BCUT2D eigenvalue weighted by Gasteiger charge is -2.25. The molecule has 0 spiro atoms. The molecule has 2 rings (SSSR count). The maximum Gasteiger partial charge on any atom is 0.406 e. The zero-order valence-corrected chi connectivity index (χ0v) is 24.8. The van der Waals surface area contributed by atoms with Crippen molar-refractivity contribution in [2.24, 2.45) is 5.41 Å². The zero-order chi connectivity index (χ0) is 29.8. The van der Waals surface area contributed by atoms with Crippen molar-refractivity contribution in [1.29, 1.82) is 0 Å². The lowest BCUT2D eigenvalue weighted by Crippen LogP contribution is -2.42. The molecule has 39 heavy (non-hydrogen) atoms. The van der Waals surface area contributed by atoms with E-state index in [1.54, 1.807) is 34.6 Å². The molecular weight excluding hydrogens is 584 g/mol. The first-order chi connectivity index (χ1) is 17.9. The van der Waals surface area contributed by atoms with Crippen LogP contribution in [0.2, 0.25) is 0 Å². The fourth-order valence-corrected chi connectivity index (χ4v) is 5.82. The van der Waals surface area contributed by atoms with E-state index in [9.17, 15) is 28.8 Å². The van der Waals surface area contributed by atoms with Gasteiger partial charge in [0.25, 0.3) is 10.7 Å². The number of hydrogen-bond acceptors (Lipinski definition) is 11. The van der Waals surface area contributed by atoms with Gasteiger partial charge < -0.3 is 14.6 Å². The van der Waals surface area contributed by atoms with E-state index in [0.29, 0.717) is 4.57 Å². The van der Waals surface area contributed by atoms with Crippen LogP contribution in [0.3, 0.4) is 0 Å². The number of aromatic amines is 1. The first-order valence-electron chi connectivity index (χ1n) is 11.9. The lowest BCUT2D eigenvalue weighted by atomic mass is 10.00. The fourth-order valence-electron chi connectivity index (χ4n) is 3.13. The highest BCUT2D eigenvalue weighted by atomic mass is 35.5. The monoisotopic (exact) mass is 617 g/mol. The molecule has 0 unspecified atom stereocenters. The topological polar surface area (TPSA) is 175 Å². The average molecular weight is 618 g/mol. The van der Waals surface area contributed by atoms with Crippen LogP contribution in [0.25, 0.3) is 0 Å². The van der Waals surface area contributed by atoms with Crippen LogP contribution >= 0.6 is 31.1 Å². The van der Waals surface area contributed by atoms with Gasteiger partial charge in [0.05, 0.1) is 19.3 Å². The molecule has 1 saturated heterocycles. The van der Waals surface area contributed by atoms with Crippen molar-refractivity contribution in [2.75, 3.05) is 19.0 Å². The minimum Gasteiger partial charge on any atom is -0.462 e. The number of thioether (sulfide) groups is 1. The Labute approximate surface area is 233 Å². The van der Waals surface area contributed by atoms with Crippen molar-refractivity contribution in [2.45, 2.75) is 77.3 Å². The number of hydrogen-bond donors (Lipinski definition) is 3. The van der Waals surface area contributed by atoms with Gasteiger partial charge in [-0.25, -0.2) is 18.8 Å². The quantitative estimate of drug-likeness (QED) is 0.135. The number of aromatic nitrogens is 2. The summed E-state index contributed by atoms with van der Waals surface area (Å²) < 4.78 is 50.6. The van der Waals surface area contributed by atoms with Gasteiger partial charge in [0.1, 0.15) is 18.2 Å². The van der Waals surface area contributed by atoms with Gasteiger partial charge in [-0.05, 0) is 20.8 Å². The lowest BCUT2D eigenvalue weighted by molar-refractivity contribution is -0.149. The van der Waals surface area contributed by atoms with Gasteiger partial charge in [0.15, 0.2) is 11.3 Å². The Balaban J connectivity index is 2.16. The molecule has 0 saturated carbocycles. The van der Waals surface area contributed by atoms with Crippen LogP contribution in [0.15, 0.2) is 21.9 Å². The molecule has 0 aliphatic carbocycles. The second-order valence-electron chi connectivity index (χ2n) is 10.0. The Morgan fingerprint density at radius 2 is 1.97 bits per heavy atom. The van der Waals surface area contributed by atoms with E-state index in [4.69, 9.17) is 30.1 Å². The molecule has 1 aromatic heterocycles. The van der Waals surface area contributed by atoms with E-state index in [2.05, 4.69) is 5.09 Å². The minimum atomic E-state index is -4.35. The summed E-state index contributed by atoms with van der Waals surface area (Å²) in [6.07, 6.45) is -5.02. The number of ether oxygens (including phenoxy) is 2. The first-order valence-corrected chi connectivity index (χ1v) is 14.9. The molecule has 1 aromatic rings. The second kappa shape index (κ2) is 13.4. The number of aliphatic hydroxyl groups is 1. The number of rotatable bonds is 12. The third-order valence-corrected chi connectivity index (χ3v) is 8.51. The summed E-state index contributed by atoms with van der Waals surface area (Å²) in [6.45, 7) is 8.83. The molecule has 17 heteroatoms. The normalized spacial score (nSPS) is 25.8. The smallest absolute Gasteiger partial charge is 0.406 e.